The van der Waals surface area contributed by atoms with Crippen LogP contribution in [0.4, 0.5) is 0 Å². The van der Waals surface area contributed by atoms with Crippen molar-refractivity contribution in [2.75, 3.05) is 0 Å². The van der Waals surface area contributed by atoms with E-state index in [-0.39, 0.29) is 11.8 Å². The molecular weight excluding hydrogens is 194 g/mol. The van der Waals surface area contributed by atoms with Gasteiger partial charge in [-0.2, -0.15) is 0 Å². The Morgan fingerprint density at radius 1 is 1.20 bits per heavy atom. The Balaban J connectivity index is 4.27. The first kappa shape index (κ1) is 13.9. The van der Waals surface area contributed by atoms with E-state index >= 15 is 0 Å². The van der Waals surface area contributed by atoms with Crippen molar-refractivity contribution in [1.29, 1.82) is 0 Å². The van der Waals surface area contributed by atoms with Crippen molar-refractivity contribution >= 4 is 11.9 Å². The molecule has 0 saturated carbocycles. The number of carbonyl (C=O) groups is 2. The maximum Gasteiger partial charge on any atom is 0.326 e. The monoisotopic (exact) mass is 215 g/mol. The summed E-state index contributed by atoms with van der Waals surface area (Å²) < 4.78 is 0. The van der Waals surface area contributed by atoms with Crippen LogP contribution >= 0.6 is 0 Å². The molecule has 0 heterocycles. The van der Waals surface area contributed by atoms with Crippen LogP contribution in [0.2, 0.25) is 0 Å². The zero-order valence-corrected chi connectivity index (χ0v) is 9.75. The lowest BCUT2D eigenvalue weighted by Crippen LogP contribution is -2.43. The quantitative estimate of drug-likeness (QED) is 0.680. The molecule has 0 aromatic heterocycles. The number of hydrogen-bond donors (Lipinski definition) is 2. The molecule has 0 aliphatic heterocycles. The van der Waals surface area contributed by atoms with E-state index in [4.69, 9.17) is 5.11 Å². The largest absolute Gasteiger partial charge is 0.480 e. The van der Waals surface area contributed by atoms with Gasteiger partial charge in [0.1, 0.15) is 6.04 Å². The first-order chi connectivity index (χ1) is 7.06. The summed E-state index contributed by atoms with van der Waals surface area (Å²) >= 11 is 0. The third-order valence-electron chi connectivity index (χ3n) is 2.55. The summed E-state index contributed by atoms with van der Waals surface area (Å²) in [6.07, 6.45) is 2.74. The third kappa shape index (κ3) is 4.81. The van der Waals surface area contributed by atoms with Crippen molar-refractivity contribution in [2.24, 2.45) is 5.92 Å². The molecule has 1 atom stereocenters. The van der Waals surface area contributed by atoms with E-state index in [1.165, 1.54) is 0 Å². The minimum Gasteiger partial charge on any atom is -0.480 e. The molecule has 0 rings (SSSR count). The number of amides is 1. The highest BCUT2D eigenvalue weighted by Crippen LogP contribution is 2.08. The van der Waals surface area contributed by atoms with Crippen LogP contribution in [0, 0.1) is 5.92 Å². The van der Waals surface area contributed by atoms with E-state index in [2.05, 4.69) is 5.32 Å². The van der Waals surface area contributed by atoms with Gasteiger partial charge in [0.25, 0.3) is 0 Å². The van der Waals surface area contributed by atoms with E-state index in [0.29, 0.717) is 6.42 Å². The first-order valence-corrected chi connectivity index (χ1v) is 5.59. The second-order valence-corrected chi connectivity index (χ2v) is 3.70. The number of carboxylic acids is 1. The molecule has 0 bridgehead atoms. The van der Waals surface area contributed by atoms with Crippen LogP contribution in [0.1, 0.15) is 46.5 Å². The zero-order valence-electron chi connectivity index (χ0n) is 9.75. The molecule has 4 heteroatoms. The standard InChI is InChI=1S/C11H21NO3/c1-4-7-9(11(14)15)12-10(13)8(5-2)6-3/h8-9H,4-7H2,1-3H3,(H,12,13)(H,14,15)/t9-/m1/s1. The molecule has 2 N–H and O–H groups in total. The van der Waals surface area contributed by atoms with Crippen molar-refractivity contribution in [1.82, 2.24) is 5.32 Å². The van der Waals surface area contributed by atoms with Gasteiger partial charge < -0.3 is 10.4 Å². The SMILES string of the molecule is CCC[C@@H](NC(=O)C(CC)CC)C(=O)O. The summed E-state index contributed by atoms with van der Waals surface area (Å²) in [5.74, 6) is -1.15. The van der Waals surface area contributed by atoms with Crippen LogP contribution in [0.5, 0.6) is 0 Å². The van der Waals surface area contributed by atoms with E-state index in [1.807, 2.05) is 20.8 Å². The maximum atomic E-state index is 11.6. The van der Waals surface area contributed by atoms with Gasteiger partial charge in [0, 0.05) is 5.92 Å². The van der Waals surface area contributed by atoms with E-state index in [1.54, 1.807) is 0 Å². The molecule has 0 saturated heterocycles. The molecule has 0 aliphatic rings. The lowest BCUT2D eigenvalue weighted by atomic mass is 10.0. The lowest BCUT2D eigenvalue weighted by molar-refractivity contribution is -0.142. The molecule has 0 fully saturated rings. The van der Waals surface area contributed by atoms with Gasteiger partial charge in [-0.25, -0.2) is 4.79 Å². The fourth-order valence-electron chi connectivity index (χ4n) is 1.50. The second-order valence-electron chi connectivity index (χ2n) is 3.70. The fraction of sp³-hybridized carbons (Fsp3) is 0.818. The fourth-order valence-corrected chi connectivity index (χ4v) is 1.50. The third-order valence-corrected chi connectivity index (χ3v) is 2.55. The molecular formula is C11H21NO3. The van der Waals surface area contributed by atoms with Gasteiger partial charge in [-0.3, -0.25) is 4.79 Å². The van der Waals surface area contributed by atoms with Gasteiger partial charge in [-0.15, -0.1) is 0 Å². The molecule has 0 radical (unpaired) electrons. The van der Waals surface area contributed by atoms with Gasteiger partial charge in [0.05, 0.1) is 0 Å². The van der Waals surface area contributed by atoms with Gasteiger partial charge in [-0.05, 0) is 19.3 Å². The van der Waals surface area contributed by atoms with Crippen LogP contribution in [-0.4, -0.2) is 23.0 Å². The Kier molecular flexibility index (Phi) is 6.75. The number of aliphatic carboxylic acids is 1. The van der Waals surface area contributed by atoms with Gasteiger partial charge in [0.2, 0.25) is 5.91 Å². The summed E-state index contributed by atoms with van der Waals surface area (Å²) in [4.78, 5) is 22.4. The van der Waals surface area contributed by atoms with Crippen molar-refractivity contribution in [3.8, 4) is 0 Å². The number of hydrogen-bond acceptors (Lipinski definition) is 2. The maximum absolute atomic E-state index is 11.6. The van der Waals surface area contributed by atoms with Crippen LogP contribution < -0.4 is 5.32 Å². The average Bonchev–Trinajstić information content (AvgIpc) is 2.18. The Morgan fingerprint density at radius 3 is 2.07 bits per heavy atom. The predicted molar refractivity (Wildman–Crippen MR) is 58.5 cm³/mol. The van der Waals surface area contributed by atoms with E-state index in [0.717, 1.165) is 19.3 Å². The van der Waals surface area contributed by atoms with Gasteiger partial charge in [-0.1, -0.05) is 27.2 Å². The number of nitrogens with one attached hydrogen (secondary N) is 1. The van der Waals surface area contributed by atoms with Crippen molar-refractivity contribution in [3.63, 3.8) is 0 Å². The molecule has 0 spiro atoms. The van der Waals surface area contributed by atoms with Gasteiger partial charge in [0.15, 0.2) is 0 Å². The minimum atomic E-state index is -0.948. The Morgan fingerprint density at radius 2 is 1.73 bits per heavy atom. The highest BCUT2D eigenvalue weighted by atomic mass is 16.4. The molecule has 0 unspecified atom stereocenters. The summed E-state index contributed by atoms with van der Waals surface area (Å²) in [5, 5.41) is 11.4. The number of rotatable bonds is 7. The van der Waals surface area contributed by atoms with Crippen LogP contribution in [0.3, 0.4) is 0 Å². The molecule has 88 valence electrons. The Hall–Kier alpha value is -1.06. The van der Waals surface area contributed by atoms with E-state index in [9.17, 15) is 9.59 Å². The van der Waals surface area contributed by atoms with Crippen LogP contribution in [0.15, 0.2) is 0 Å². The molecule has 0 aliphatic carbocycles. The van der Waals surface area contributed by atoms with Gasteiger partial charge >= 0.3 is 5.97 Å². The summed E-state index contributed by atoms with van der Waals surface area (Å²) in [5.41, 5.74) is 0. The highest BCUT2D eigenvalue weighted by molar-refractivity contribution is 5.84. The molecule has 4 nitrogen and oxygen atoms in total. The molecule has 15 heavy (non-hydrogen) atoms. The van der Waals surface area contributed by atoms with Crippen molar-refractivity contribution in [3.05, 3.63) is 0 Å². The topological polar surface area (TPSA) is 66.4 Å². The Labute approximate surface area is 91.1 Å². The van der Waals surface area contributed by atoms with Crippen molar-refractivity contribution < 1.29 is 14.7 Å². The number of carboxylic acid groups (broad SMARTS) is 1. The first-order valence-electron chi connectivity index (χ1n) is 5.59. The average molecular weight is 215 g/mol. The Bertz CT molecular complexity index is 212. The summed E-state index contributed by atoms with van der Waals surface area (Å²) in [6, 6.07) is -0.733. The predicted octanol–water partition coefficient (Wildman–Crippen LogP) is 1.79. The van der Waals surface area contributed by atoms with Crippen molar-refractivity contribution in [2.45, 2.75) is 52.5 Å². The highest BCUT2D eigenvalue weighted by Gasteiger charge is 2.22. The molecule has 0 aromatic carbocycles. The smallest absolute Gasteiger partial charge is 0.326 e. The molecule has 0 aromatic rings. The number of carbonyl (C=O) groups excluding carboxylic acids is 1. The normalized spacial score (nSPS) is 12.5. The van der Waals surface area contributed by atoms with Crippen LogP contribution in [-0.2, 0) is 9.59 Å². The minimum absolute atomic E-state index is 0.0660. The molecule has 1 amide bonds. The summed E-state index contributed by atoms with van der Waals surface area (Å²) in [6.45, 7) is 5.77. The second kappa shape index (κ2) is 7.26. The van der Waals surface area contributed by atoms with Crippen LogP contribution in [0.25, 0.3) is 0 Å². The van der Waals surface area contributed by atoms with E-state index < -0.39 is 12.0 Å². The lowest BCUT2D eigenvalue weighted by Gasteiger charge is -2.17. The summed E-state index contributed by atoms with van der Waals surface area (Å²) in [7, 11) is 0. The zero-order chi connectivity index (χ0) is 11.8.